The SMILES string of the molecule is COc1cc(Cl)c(C)cc1NC(=O)c1cccnc1.Cl. The lowest BCUT2D eigenvalue weighted by molar-refractivity contribution is 0.102. The van der Waals surface area contributed by atoms with Gasteiger partial charge in [0.2, 0.25) is 0 Å². The lowest BCUT2D eigenvalue weighted by atomic mass is 10.2. The average molecular weight is 313 g/mol. The molecule has 1 aromatic heterocycles. The predicted molar refractivity (Wildman–Crippen MR) is 82.2 cm³/mol. The van der Waals surface area contributed by atoms with E-state index < -0.39 is 0 Å². The summed E-state index contributed by atoms with van der Waals surface area (Å²) in [6, 6.07) is 6.85. The monoisotopic (exact) mass is 312 g/mol. The quantitative estimate of drug-likeness (QED) is 0.939. The lowest BCUT2D eigenvalue weighted by Gasteiger charge is -2.12. The Bertz CT molecular complexity index is 604. The Morgan fingerprint density at radius 2 is 2.15 bits per heavy atom. The van der Waals surface area contributed by atoms with E-state index >= 15 is 0 Å². The number of ether oxygens (including phenoxy) is 1. The van der Waals surface area contributed by atoms with Gasteiger partial charge < -0.3 is 10.1 Å². The average Bonchev–Trinajstić information content (AvgIpc) is 2.43. The molecule has 0 saturated carbocycles. The maximum atomic E-state index is 12.0. The number of pyridine rings is 1. The summed E-state index contributed by atoms with van der Waals surface area (Å²) in [5.74, 6) is 0.279. The van der Waals surface area contributed by atoms with Gasteiger partial charge in [-0.2, -0.15) is 0 Å². The van der Waals surface area contributed by atoms with Crippen LogP contribution in [0, 0.1) is 6.92 Å². The number of anilines is 1. The standard InChI is InChI=1S/C14H13ClN2O2.ClH/c1-9-6-12(13(19-2)7-11(9)15)17-14(18)10-4-3-5-16-8-10;/h3-8H,1-2H3,(H,17,18);1H. The molecule has 2 rings (SSSR count). The molecule has 0 aliphatic rings. The molecule has 0 unspecified atom stereocenters. The molecular formula is C14H14Cl2N2O2. The minimum absolute atomic E-state index is 0. The van der Waals surface area contributed by atoms with E-state index in [2.05, 4.69) is 10.3 Å². The molecule has 4 nitrogen and oxygen atoms in total. The first kappa shape index (κ1) is 16.3. The van der Waals surface area contributed by atoms with Crippen molar-refractivity contribution in [1.82, 2.24) is 4.98 Å². The van der Waals surface area contributed by atoms with Crippen molar-refractivity contribution >= 4 is 35.6 Å². The molecule has 0 aliphatic carbocycles. The summed E-state index contributed by atoms with van der Waals surface area (Å²) in [5.41, 5.74) is 1.93. The molecule has 6 heteroatoms. The number of aryl methyl sites for hydroxylation is 1. The third-order valence-electron chi connectivity index (χ3n) is 2.65. The van der Waals surface area contributed by atoms with Gasteiger partial charge in [-0.15, -0.1) is 12.4 Å². The van der Waals surface area contributed by atoms with Crippen molar-refractivity contribution < 1.29 is 9.53 Å². The number of carbonyl (C=O) groups is 1. The first-order chi connectivity index (χ1) is 9.11. The van der Waals surface area contributed by atoms with Gasteiger partial charge in [0.05, 0.1) is 18.4 Å². The number of halogens is 2. The molecule has 20 heavy (non-hydrogen) atoms. The molecule has 0 saturated heterocycles. The van der Waals surface area contributed by atoms with Crippen molar-refractivity contribution in [3.05, 3.63) is 52.8 Å². The topological polar surface area (TPSA) is 51.2 Å². The normalized spacial score (nSPS) is 9.55. The number of amides is 1. The fraction of sp³-hybridized carbons (Fsp3) is 0.143. The van der Waals surface area contributed by atoms with E-state index in [0.29, 0.717) is 22.0 Å². The van der Waals surface area contributed by atoms with E-state index in [1.165, 1.54) is 13.3 Å². The van der Waals surface area contributed by atoms with Gasteiger partial charge in [0.15, 0.2) is 0 Å². The first-order valence-corrected chi connectivity index (χ1v) is 6.05. The van der Waals surface area contributed by atoms with Crippen LogP contribution >= 0.6 is 24.0 Å². The smallest absolute Gasteiger partial charge is 0.257 e. The number of methoxy groups -OCH3 is 1. The summed E-state index contributed by atoms with van der Waals surface area (Å²) in [6.07, 6.45) is 3.12. The lowest BCUT2D eigenvalue weighted by Crippen LogP contribution is -2.13. The molecule has 0 aliphatic heterocycles. The highest BCUT2D eigenvalue weighted by Gasteiger charge is 2.11. The molecule has 1 aromatic carbocycles. The molecule has 1 heterocycles. The maximum absolute atomic E-state index is 12.0. The molecule has 2 aromatic rings. The molecule has 1 N–H and O–H groups in total. The van der Waals surface area contributed by atoms with Crippen LogP contribution in [0.3, 0.4) is 0 Å². The Hall–Kier alpha value is -1.78. The van der Waals surface area contributed by atoms with Crippen molar-refractivity contribution in [2.75, 3.05) is 12.4 Å². The van der Waals surface area contributed by atoms with Crippen molar-refractivity contribution in [2.45, 2.75) is 6.92 Å². The van der Waals surface area contributed by atoms with Crippen molar-refractivity contribution in [3.63, 3.8) is 0 Å². The van der Waals surface area contributed by atoms with E-state index in [4.69, 9.17) is 16.3 Å². The number of hydrogen-bond donors (Lipinski definition) is 1. The molecule has 0 atom stereocenters. The molecule has 0 radical (unpaired) electrons. The number of carbonyl (C=O) groups excluding carboxylic acids is 1. The summed E-state index contributed by atoms with van der Waals surface area (Å²) in [5, 5.41) is 3.38. The molecule has 0 fully saturated rings. The highest BCUT2D eigenvalue weighted by molar-refractivity contribution is 6.31. The Morgan fingerprint density at radius 1 is 1.40 bits per heavy atom. The van der Waals surface area contributed by atoms with Gasteiger partial charge in [-0.25, -0.2) is 0 Å². The zero-order valence-corrected chi connectivity index (χ0v) is 12.6. The van der Waals surface area contributed by atoms with Gasteiger partial charge in [0.25, 0.3) is 5.91 Å². The van der Waals surface area contributed by atoms with Crippen LogP contribution in [0.1, 0.15) is 15.9 Å². The van der Waals surface area contributed by atoms with E-state index in [1.807, 2.05) is 6.92 Å². The van der Waals surface area contributed by atoms with E-state index in [0.717, 1.165) is 5.56 Å². The molecule has 0 spiro atoms. The van der Waals surface area contributed by atoms with Crippen molar-refractivity contribution in [3.8, 4) is 5.75 Å². The summed E-state index contributed by atoms with van der Waals surface area (Å²) in [4.78, 5) is 15.9. The summed E-state index contributed by atoms with van der Waals surface area (Å²) >= 11 is 6.02. The fourth-order valence-corrected chi connectivity index (χ4v) is 1.78. The molecule has 0 bridgehead atoms. The van der Waals surface area contributed by atoms with E-state index in [1.54, 1.807) is 30.5 Å². The molecule has 106 valence electrons. The second-order valence-electron chi connectivity index (χ2n) is 4.00. The van der Waals surface area contributed by atoms with Crippen LogP contribution < -0.4 is 10.1 Å². The van der Waals surface area contributed by atoms with Gasteiger partial charge in [-0.05, 0) is 30.7 Å². The van der Waals surface area contributed by atoms with Gasteiger partial charge in [-0.1, -0.05) is 11.6 Å². The fourth-order valence-electron chi connectivity index (χ4n) is 1.62. The van der Waals surface area contributed by atoms with Gasteiger partial charge in [0, 0.05) is 23.5 Å². The Balaban J connectivity index is 0.00000200. The summed E-state index contributed by atoms with van der Waals surface area (Å²) < 4.78 is 5.20. The van der Waals surface area contributed by atoms with Crippen LogP contribution in [0.4, 0.5) is 5.69 Å². The van der Waals surface area contributed by atoms with Gasteiger partial charge in [-0.3, -0.25) is 9.78 Å². The maximum Gasteiger partial charge on any atom is 0.257 e. The van der Waals surface area contributed by atoms with E-state index in [9.17, 15) is 4.79 Å². The highest BCUT2D eigenvalue weighted by Crippen LogP contribution is 2.31. The second kappa shape index (κ2) is 7.12. The Morgan fingerprint density at radius 3 is 2.75 bits per heavy atom. The number of benzene rings is 1. The van der Waals surface area contributed by atoms with Crippen LogP contribution in [-0.2, 0) is 0 Å². The van der Waals surface area contributed by atoms with Crippen LogP contribution in [-0.4, -0.2) is 18.0 Å². The third-order valence-corrected chi connectivity index (χ3v) is 3.06. The van der Waals surface area contributed by atoms with Crippen LogP contribution in [0.15, 0.2) is 36.7 Å². The first-order valence-electron chi connectivity index (χ1n) is 5.67. The van der Waals surface area contributed by atoms with Gasteiger partial charge in [0.1, 0.15) is 5.75 Å². The van der Waals surface area contributed by atoms with Crippen LogP contribution in [0.5, 0.6) is 5.75 Å². The zero-order valence-electron chi connectivity index (χ0n) is 11.0. The Labute approximate surface area is 128 Å². The largest absolute Gasteiger partial charge is 0.495 e. The van der Waals surface area contributed by atoms with Crippen molar-refractivity contribution in [1.29, 1.82) is 0 Å². The minimum atomic E-state index is -0.242. The van der Waals surface area contributed by atoms with E-state index in [-0.39, 0.29) is 18.3 Å². The summed E-state index contributed by atoms with van der Waals surface area (Å²) in [6.45, 7) is 1.86. The Kier molecular flexibility index (Phi) is 5.80. The highest BCUT2D eigenvalue weighted by atomic mass is 35.5. The second-order valence-corrected chi connectivity index (χ2v) is 4.40. The van der Waals surface area contributed by atoms with Crippen molar-refractivity contribution in [2.24, 2.45) is 0 Å². The molecule has 1 amide bonds. The number of hydrogen-bond acceptors (Lipinski definition) is 3. The zero-order chi connectivity index (χ0) is 13.8. The number of rotatable bonds is 3. The molecular weight excluding hydrogens is 299 g/mol. The predicted octanol–water partition coefficient (Wildman–Crippen LogP) is 3.73. The number of nitrogens with one attached hydrogen (secondary N) is 1. The summed E-state index contributed by atoms with van der Waals surface area (Å²) in [7, 11) is 1.53. The van der Waals surface area contributed by atoms with Gasteiger partial charge >= 0.3 is 0 Å². The minimum Gasteiger partial charge on any atom is -0.495 e. The number of nitrogens with zero attached hydrogens (tertiary/aromatic N) is 1. The third kappa shape index (κ3) is 3.62. The van der Waals surface area contributed by atoms with Crippen LogP contribution in [0.2, 0.25) is 5.02 Å². The van der Waals surface area contributed by atoms with Crippen LogP contribution in [0.25, 0.3) is 0 Å². The number of aromatic nitrogens is 1.